The van der Waals surface area contributed by atoms with Crippen molar-refractivity contribution in [2.24, 2.45) is 0 Å². The zero-order chi connectivity index (χ0) is 21.3. The van der Waals surface area contributed by atoms with Crippen LogP contribution in [0.15, 0.2) is 61.3 Å². The van der Waals surface area contributed by atoms with Gasteiger partial charge in [0, 0.05) is 17.6 Å². The van der Waals surface area contributed by atoms with Crippen LogP contribution in [-0.2, 0) is 11.0 Å². The van der Waals surface area contributed by atoms with E-state index >= 15 is 0 Å². The summed E-state index contributed by atoms with van der Waals surface area (Å²) in [7, 11) is 0. The first-order chi connectivity index (χ1) is 14.3. The minimum atomic E-state index is -4.42. The number of carbonyl (C=O) groups is 1. The second kappa shape index (κ2) is 7.97. The first-order valence-corrected chi connectivity index (χ1v) is 9.93. The Morgan fingerprint density at radius 1 is 1.20 bits per heavy atom. The number of alkyl halides is 3. The van der Waals surface area contributed by atoms with Gasteiger partial charge in [-0.2, -0.15) is 18.3 Å². The Hall–Kier alpha value is -3.09. The van der Waals surface area contributed by atoms with E-state index in [1.54, 1.807) is 24.3 Å². The third kappa shape index (κ3) is 4.10. The van der Waals surface area contributed by atoms with E-state index in [1.807, 2.05) is 10.9 Å². The van der Waals surface area contributed by atoms with Gasteiger partial charge in [0.2, 0.25) is 5.91 Å². The maximum absolute atomic E-state index is 13.4. The average molecular weight is 413 g/mol. The van der Waals surface area contributed by atoms with Crippen LogP contribution in [0, 0.1) is 0 Å². The molecular weight excluding hydrogens is 391 g/mol. The summed E-state index contributed by atoms with van der Waals surface area (Å²) >= 11 is 0. The van der Waals surface area contributed by atoms with Gasteiger partial charge < -0.3 is 5.32 Å². The minimum Gasteiger partial charge on any atom is -0.350 e. The zero-order valence-corrected chi connectivity index (χ0v) is 16.3. The van der Waals surface area contributed by atoms with E-state index in [0.717, 1.165) is 37.1 Å². The maximum Gasteiger partial charge on any atom is 0.417 e. The molecule has 1 N–H and O–H groups in total. The molecule has 1 aromatic heterocycles. The van der Waals surface area contributed by atoms with Crippen molar-refractivity contribution in [3.8, 4) is 11.1 Å². The lowest BCUT2D eigenvalue weighted by molar-refractivity contribution is -0.137. The van der Waals surface area contributed by atoms with Gasteiger partial charge >= 0.3 is 6.18 Å². The van der Waals surface area contributed by atoms with E-state index in [9.17, 15) is 18.0 Å². The molecule has 0 bridgehead atoms. The van der Waals surface area contributed by atoms with E-state index in [2.05, 4.69) is 17.0 Å². The molecule has 1 aliphatic carbocycles. The van der Waals surface area contributed by atoms with Gasteiger partial charge in [-0.1, -0.05) is 36.9 Å². The number of nitrogens with one attached hydrogen (secondary N) is 1. The Morgan fingerprint density at radius 2 is 2.00 bits per heavy atom. The first-order valence-electron chi connectivity index (χ1n) is 9.93. The smallest absolute Gasteiger partial charge is 0.350 e. The van der Waals surface area contributed by atoms with E-state index in [0.29, 0.717) is 11.1 Å². The van der Waals surface area contributed by atoms with Crippen molar-refractivity contribution in [2.45, 2.75) is 43.9 Å². The zero-order valence-electron chi connectivity index (χ0n) is 16.3. The van der Waals surface area contributed by atoms with Gasteiger partial charge in [0.15, 0.2) is 0 Å². The Morgan fingerprint density at radius 3 is 2.77 bits per heavy atom. The van der Waals surface area contributed by atoms with Gasteiger partial charge in [-0.15, -0.1) is 0 Å². The Bertz CT molecular complexity index is 1090. The highest BCUT2D eigenvalue weighted by atomic mass is 19.4. The standard InChI is InChI=1S/C23H22F3N3O/c1-2-22(30)27-17-6-5-7-18(13-17)29-14-16-11-10-15(12-21(16)28-29)19-8-3-4-9-20(19)23(24,25)26/h2-4,8-12,14,17-18H,1,5-7,13H2,(H,27,30). The molecule has 0 radical (unpaired) electrons. The lowest BCUT2D eigenvalue weighted by atomic mass is 9.91. The average Bonchev–Trinajstić information content (AvgIpc) is 3.16. The second-order valence-electron chi connectivity index (χ2n) is 7.66. The number of fused-ring (bicyclic) bond motifs is 1. The van der Waals surface area contributed by atoms with Crippen molar-refractivity contribution < 1.29 is 18.0 Å². The molecule has 1 fully saturated rings. The fourth-order valence-electron chi connectivity index (χ4n) is 4.17. The van der Waals surface area contributed by atoms with Crippen LogP contribution >= 0.6 is 0 Å². The Labute approximate surface area is 172 Å². The van der Waals surface area contributed by atoms with Gasteiger partial charge in [0.05, 0.1) is 17.1 Å². The van der Waals surface area contributed by atoms with E-state index in [1.165, 1.54) is 18.2 Å². The molecule has 1 saturated carbocycles. The molecule has 7 heteroatoms. The number of aromatic nitrogens is 2. The highest BCUT2D eigenvalue weighted by Crippen LogP contribution is 2.38. The van der Waals surface area contributed by atoms with Crippen LogP contribution in [-0.4, -0.2) is 21.7 Å². The molecule has 0 aliphatic heterocycles. The number of carbonyl (C=O) groups excluding carboxylic acids is 1. The molecular formula is C23H22F3N3O. The highest BCUT2D eigenvalue weighted by Gasteiger charge is 2.33. The maximum atomic E-state index is 13.4. The number of hydrogen-bond acceptors (Lipinski definition) is 2. The topological polar surface area (TPSA) is 46.9 Å². The summed E-state index contributed by atoms with van der Waals surface area (Å²) in [6.45, 7) is 3.49. The summed E-state index contributed by atoms with van der Waals surface area (Å²) in [6.07, 6.45) is 2.36. The molecule has 1 amide bonds. The summed E-state index contributed by atoms with van der Waals surface area (Å²) in [5.41, 5.74) is 0.630. The Balaban J connectivity index is 1.62. The van der Waals surface area contributed by atoms with Crippen LogP contribution < -0.4 is 5.32 Å². The number of amides is 1. The molecule has 2 atom stereocenters. The van der Waals surface area contributed by atoms with Gasteiger partial charge in [-0.05, 0) is 55.0 Å². The van der Waals surface area contributed by atoms with Crippen LogP contribution in [0.5, 0.6) is 0 Å². The molecule has 156 valence electrons. The number of benzene rings is 2. The predicted octanol–water partition coefficient (Wildman–Crippen LogP) is 5.51. The molecule has 1 aliphatic rings. The van der Waals surface area contributed by atoms with Gasteiger partial charge in [0.25, 0.3) is 0 Å². The second-order valence-corrected chi connectivity index (χ2v) is 7.66. The molecule has 2 aromatic carbocycles. The summed E-state index contributed by atoms with van der Waals surface area (Å²) in [6, 6.07) is 11.0. The summed E-state index contributed by atoms with van der Waals surface area (Å²) in [5, 5.41) is 8.47. The lowest BCUT2D eigenvalue weighted by Gasteiger charge is -2.29. The third-order valence-electron chi connectivity index (χ3n) is 5.62. The van der Waals surface area contributed by atoms with E-state index < -0.39 is 11.7 Å². The van der Waals surface area contributed by atoms with Gasteiger partial charge in [-0.3, -0.25) is 9.48 Å². The number of nitrogens with zero attached hydrogens (tertiary/aromatic N) is 2. The van der Waals surface area contributed by atoms with Crippen molar-refractivity contribution in [3.05, 3.63) is 66.9 Å². The molecule has 0 saturated heterocycles. The van der Waals surface area contributed by atoms with Crippen molar-refractivity contribution in [2.75, 3.05) is 0 Å². The van der Waals surface area contributed by atoms with Crippen molar-refractivity contribution in [3.63, 3.8) is 0 Å². The quantitative estimate of drug-likeness (QED) is 0.574. The minimum absolute atomic E-state index is 0.0655. The van der Waals surface area contributed by atoms with Crippen LogP contribution in [0.4, 0.5) is 13.2 Å². The summed E-state index contributed by atoms with van der Waals surface area (Å²) < 4.78 is 42.1. The number of halogens is 3. The summed E-state index contributed by atoms with van der Waals surface area (Å²) in [5.74, 6) is -0.181. The van der Waals surface area contributed by atoms with Gasteiger partial charge in [0.1, 0.15) is 0 Å². The van der Waals surface area contributed by atoms with Crippen LogP contribution in [0.25, 0.3) is 22.0 Å². The number of hydrogen-bond donors (Lipinski definition) is 1. The fourth-order valence-corrected chi connectivity index (χ4v) is 4.17. The van der Waals surface area contributed by atoms with E-state index in [4.69, 9.17) is 0 Å². The van der Waals surface area contributed by atoms with Gasteiger partial charge in [-0.25, -0.2) is 0 Å². The van der Waals surface area contributed by atoms with Crippen molar-refractivity contribution in [1.29, 1.82) is 0 Å². The highest BCUT2D eigenvalue weighted by molar-refractivity contribution is 5.87. The monoisotopic (exact) mass is 413 g/mol. The first kappa shape index (κ1) is 20.2. The Kier molecular flexibility index (Phi) is 5.37. The largest absolute Gasteiger partial charge is 0.417 e. The van der Waals surface area contributed by atoms with E-state index in [-0.39, 0.29) is 23.6 Å². The molecule has 2 unspecified atom stereocenters. The van der Waals surface area contributed by atoms with Crippen LogP contribution in [0.3, 0.4) is 0 Å². The number of rotatable bonds is 4. The fraction of sp³-hybridized carbons (Fsp3) is 0.304. The molecule has 1 heterocycles. The van der Waals surface area contributed by atoms with Crippen LogP contribution in [0.2, 0.25) is 0 Å². The van der Waals surface area contributed by atoms with Crippen molar-refractivity contribution >= 4 is 16.8 Å². The predicted molar refractivity (Wildman–Crippen MR) is 110 cm³/mol. The normalized spacial score (nSPS) is 19.6. The molecule has 30 heavy (non-hydrogen) atoms. The molecule has 0 spiro atoms. The molecule has 4 rings (SSSR count). The van der Waals surface area contributed by atoms with Crippen LogP contribution in [0.1, 0.15) is 37.3 Å². The lowest BCUT2D eigenvalue weighted by Crippen LogP contribution is -2.38. The summed E-state index contributed by atoms with van der Waals surface area (Å²) in [4.78, 5) is 11.6. The third-order valence-corrected chi connectivity index (χ3v) is 5.62. The SMILES string of the molecule is C=CC(=O)NC1CCCC(n2cc3ccc(-c4ccccc4C(F)(F)F)cc3n2)C1. The molecule has 4 nitrogen and oxygen atoms in total. The van der Waals surface area contributed by atoms with Crippen molar-refractivity contribution in [1.82, 2.24) is 15.1 Å². The molecule has 3 aromatic rings.